The fourth-order valence-electron chi connectivity index (χ4n) is 2.92. The Morgan fingerprint density at radius 3 is 2.75 bits per heavy atom. The molecule has 1 aromatic rings. The summed E-state index contributed by atoms with van der Waals surface area (Å²) in [4.78, 5) is 2.56. The molecule has 0 radical (unpaired) electrons. The minimum absolute atomic E-state index is 0.695. The lowest BCUT2D eigenvalue weighted by atomic mass is 10.2. The van der Waals surface area contributed by atoms with Crippen LogP contribution in [0.2, 0.25) is 0 Å². The molecule has 20 heavy (non-hydrogen) atoms. The summed E-state index contributed by atoms with van der Waals surface area (Å²) in [7, 11) is 3.34. The maximum atomic E-state index is 5.33. The molecule has 1 atom stereocenters. The van der Waals surface area contributed by atoms with Crippen LogP contribution in [0.25, 0.3) is 0 Å². The number of likely N-dealkylation sites (N-methyl/N-ethyl adjacent to an activating group) is 1. The number of nitrogens with one attached hydrogen (secondary N) is 1. The predicted molar refractivity (Wildman–Crippen MR) is 81.5 cm³/mol. The summed E-state index contributed by atoms with van der Waals surface area (Å²) in [5.41, 5.74) is 1.23. The van der Waals surface area contributed by atoms with Crippen LogP contribution in [0.15, 0.2) is 18.2 Å². The molecule has 0 unspecified atom stereocenters. The summed E-state index contributed by atoms with van der Waals surface area (Å²) in [6.45, 7) is 6.57. The molecule has 0 saturated carbocycles. The van der Waals surface area contributed by atoms with Gasteiger partial charge in [0.05, 0.1) is 14.2 Å². The summed E-state index contributed by atoms with van der Waals surface area (Å²) in [5, 5.41) is 3.56. The Balaban J connectivity index is 1.85. The molecule has 1 N–H and O–H groups in total. The number of ether oxygens (including phenoxy) is 2. The van der Waals surface area contributed by atoms with Gasteiger partial charge in [0.1, 0.15) is 0 Å². The SMILES string of the molecule is CCN1CCC[C@H]1CNCc1ccc(OC)c(OC)c1. The van der Waals surface area contributed by atoms with Gasteiger partial charge in [0.15, 0.2) is 11.5 Å². The van der Waals surface area contributed by atoms with Crippen LogP contribution in [0.3, 0.4) is 0 Å². The lowest BCUT2D eigenvalue weighted by Gasteiger charge is -2.23. The second kappa shape index (κ2) is 7.50. The van der Waals surface area contributed by atoms with Crippen LogP contribution in [-0.2, 0) is 6.54 Å². The van der Waals surface area contributed by atoms with Crippen LogP contribution in [0.5, 0.6) is 11.5 Å². The van der Waals surface area contributed by atoms with Crippen LogP contribution in [0, 0.1) is 0 Å². The minimum atomic E-state index is 0.695. The van der Waals surface area contributed by atoms with E-state index in [1.807, 2.05) is 12.1 Å². The smallest absolute Gasteiger partial charge is 0.161 e. The Morgan fingerprint density at radius 1 is 1.25 bits per heavy atom. The maximum absolute atomic E-state index is 5.33. The van der Waals surface area contributed by atoms with Crippen molar-refractivity contribution >= 4 is 0 Å². The van der Waals surface area contributed by atoms with Crippen LogP contribution < -0.4 is 14.8 Å². The number of benzene rings is 1. The number of rotatable bonds is 7. The highest BCUT2D eigenvalue weighted by molar-refractivity contribution is 5.42. The van der Waals surface area contributed by atoms with Gasteiger partial charge >= 0.3 is 0 Å². The average Bonchev–Trinajstić information content (AvgIpc) is 2.94. The van der Waals surface area contributed by atoms with Crippen molar-refractivity contribution in [2.24, 2.45) is 0 Å². The maximum Gasteiger partial charge on any atom is 0.161 e. The summed E-state index contributed by atoms with van der Waals surface area (Å²) < 4.78 is 10.6. The van der Waals surface area contributed by atoms with E-state index >= 15 is 0 Å². The molecule has 2 rings (SSSR count). The fraction of sp³-hybridized carbons (Fsp3) is 0.625. The normalized spacial score (nSPS) is 19.2. The molecule has 1 saturated heterocycles. The molecular formula is C16H26N2O2. The second-order valence-electron chi connectivity index (χ2n) is 5.24. The Labute approximate surface area is 122 Å². The minimum Gasteiger partial charge on any atom is -0.493 e. The summed E-state index contributed by atoms with van der Waals surface area (Å²) in [6.07, 6.45) is 2.64. The first-order valence-electron chi connectivity index (χ1n) is 7.44. The highest BCUT2D eigenvalue weighted by atomic mass is 16.5. The first-order chi connectivity index (χ1) is 9.78. The van der Waals surface area contributed by atoms with Crippen LogP contribution in [-0.4, -0.2) is 44.8 Å². The largest absolute Gasteiger partial charge is 0.493 e. The van der Waals surface area contributed by atoms with E-state index in [9.17, 15) is 0 Å². The molecule has 1 aromatic carbocycles. The van der Waals surface area contributed by atoms with Crippen molar-refractivity contribution in [3.63, 3.8) is 0 Å². The van der Waals surface area contributed by atoms with Crippen molar-refractivity contribution in [1.82, 2.24) is 10.2 Å². The van der Waals surface area contributed by atoms with Crippen LogP contribution in [0.4, 0.5) is 0 Å². The van der Waals surface area contributed by atoms with Crippen LogP contribution >= 0.6 is 0 Å². The zero-order chi connectivity index (χ0) is 14.4. The highest BCUT2D eigenvalue weighted by Crippen LogP contribution is 2.27. The molecule has 4 heteroatoms. The van der Waals surface area contributed by atoms with E-state index in [0.717, 1.165) is 31.1 Å². The molecule has 1 aliphatic heterocycles. The van der Waals surface area contributed by atoms with E-state index in [2.05, 4.69) is 23.2 Å². The molecule has 0 amide bonds. The third-order valence-electron chi connectivity index (χ3n) is 4.06. The fourth-order valence-corrected chi connectivity index (χ4v) is 2.92. The number of methoxy groups -OCH3 is 2. The van der Waals surface area contributed by atoms with E-state index < -0.39 is 0 Å². The van der Waals surface area contributed by atoms with Gasteiger partial charge in [-0.25, -0.2) is 0 Å². The van der Waals surface area contributed by atoms with Crippen molar-refractivity contribution in [3.8, 4) is 11.5 Å². The lowest BCUT2D eigenvalue weighted by molar-refractivity contribution is 0.260. The van der Waals surface area contributed by atoms with Gasteiger partial charge in [0.2, 0.25) is 0 Å². The molecule has 112 valence electrons. The van der Waals surface area contributed by atoms with Crippen molar-refractivity contribution < 1.29 is 9.47 Å². The van der Waals surface area contributed by atoms with Gasteiger partial charge in [-0.2, -0.15) is 0 Å². The third kappa shape index (κ3) is 3.64. The van der Waals surface area contributed by atoms with Crippen molar-refractivity contribution in [2.75, 3.05) is 33.9 Å². The van der Waals surface area contributed by atoms with Gasteiger partial charge in [-0.1, -0.05) is 13.0 Å². The van der Waals surface area contributed by atoms with Gasteiger partial charge in [-0.05, 0) is 43.6 Å². The number of hydrogen-bond donors (Lipinski definition) is 1. The second-order valence-corrected chi connectivity index (χ2v) is 5.24. The highest BCUT2D eigenvalue weighted by Gasteiger charge is 2.22. The molecule has 1 heterocycles. The molecule has 0 bridgehead atoms. The van der Waals surface area contributed by atoms with Gasteiger partial charge < -0.3 is 14.8 Å². The van der Waals surface area contributed by atoms with Crippen molar-refractivity contribution in [2.45, 2.75) is 32.4 Å². The quantitative estimate of drug-likeness (QED) is 0.829. The van der Waals surface area contributed by atoms with E-state index in [0.29, 0.717) is 6.04 Å². The van der Waals surface area contributed by atoms with Gasteiger partial charge in [-0.15, -0.1) is 0 Å². The van der Waals surface area contributed by atoms with E-state index in [-0.39, 0.29) is 0 Å². The zero-order valence-electron chi connectivity index (χ0n) is 12.8. The zero-order valence-corrected chi connectivity index (χ0v) is 12.8. The first kappa shape index (κ1) is 15.1. The summed E-state index contributed by atoms with van der Waals surface area (Å²) in [5.74, 6) is 1.58. The first-order valence-corrected chi connectivity index (χ1v) is 7.44. The Hall–Kier alpha value is -1.26. The lowest BCUT2D eigenvalue weighted by Crippen LogP contribution is -2.37. The van der Waals surface area contributed by atoms with Gasteiger partial charge in [0.25, 0.3) is 0 Å². The van der Waals surface area contributed by atoms with E-state index in [1.165, 1.54) is 24.9 Å². The summed E-state index contributed by atoms with van der Waals surface area (Å²) in [6, 6.07) is 6.78. The van der Waals surface area contributed by atoms with Crippen molar-refractivity contribution in [3.05, 3.63) is 23.8 Å². The molecule has 1 fully saturated rings. The Bertz CT molecular complexity index is 423. The Morgan fingerprint density at radius 2 is 2.05 bits per heavy atom. The van der Waals surface area contributed by atoms with Crippen LogP contribution in [0.1, 0.15) is 25.3 Å². The number of nitrogens with zero attached hydrogens (tertiary/aromatic N) is 1. The molecule has 1 aliphatic rings. The van der Waals surface area contributed by atoms with E-state index in [4.69, 9.17) is 9.47 Å². The molecule has 0 aliphatic carbocycles. The molecule has 0 aromatic heterocycles. The topological polar surface area (TPSA) is 33.7 Å². The number of hydrogen-bond acceptors (Lipinski definition) is 4. The summed E-state index contributed by atoms with van der Waals surface area (Å²) >= 11 is 0. The van der Waals surface area contributed by atoms with Gasteiger partial charge in [-0.3, -0.25) is 4.90 Å². The van der Waals surface area contributed by atoms with E-state index in [1.54, 1.807) is 14.2 Å². The molecule has 0 spiro atoms. The predicted octanol–water partition coefficient (Wildman–Crippen LogP) is 2.28. The Kier molecular flexibility index (Phi) is 5.68. The number of likely N-dealkylation sites (tertiary alicyclic amines) is 1. The standard InChI is InChI=1S/C16H26N2O2/c1-4-18-9-5-6-14(18)12-17-11-13-7-8-15(19-2)16(10-13)20-3/h7-8,10,14,17H,4-6,9,11-12H2,1-3H3/t14-/m0/s1. The van der Waals surface area contributed by atoms with Crippen molar-refractivity contribution in [1.29, 1.82) is 0 Å². The third-order valence-corrected chi connectivity index (χ3v) is 4.06. The average molecular weight is 278 g/mol. The van der Waals surface area contributed by atoms with Gasteiger partial charge in [0, 0.05) is 19.1 Å². The molecule has 4 nitrogen and oxygen atoms in total. The monoisotopic (exact) mass is 278 g/mol. The molecular weight excluding hydrogens is 252 g/mol.